The topological polar surface area (TPSA) is 57.6 Å². The number of hydrogen-bond acceptors (Lipinski definition) is 5. The van der Waals surface area contributed by atoms with E-state index in [9.17, 15) is 0 Å². The van der Waals surface area contributed by atoms with E-state index in [0.29, 0.717) is 13.2 Å². The van der Waals surface area contributed by atoms with Gasteiger partial charge in [-0.05, 0) is 24.6 Å². The minimum absolute atomic E-state index is 0.0650. The van der Waals surface area contributed by atoms with E-state index >= 15 is 0 Å². The van der Waals surface area contributed by atoms with Gasteiger partial charge in [-0.2, -0.15) is 0 Å². The van der Waals surface area contributed by atoms with Gasteiger partial charge in [0.2, 0.25) is 0 Å². The van der Waals surface area contributed by atoms with Crippen LogP contribution in [0.15, 0.2) is 18.3 Å². The summed E-state index contributed by atoms with van der Waals surface area (Å²) in [6.07, 6.45) is 2.96. The average Bonchev–Trinajstić information content (AvgIpc) is 2.48. The highest BCUT2D eigenvalue weighted by Crippen LogP contribution is 2.15. The van der Waals surface area contributed by atoms with Crippen LogP contribution in [0, 0.1) is 0 Å². The Bertz CT molecular complexity index is 369. The lowest BCUT2D eigenvalue weighted by atomic mass is 10.2. The first-order valence-electron chi connectivity index (χ1n) is 6.96. The molecule has 19 heavy (non-hydrogen) atoms. The minimum Gasteiger partial charge on any atom is -0.394 e. The molecule has 0 radical (unpaired) electrons. The van der Waals surface area contributed by atoms with Gasteiger partial charge >= 0.3 is 0 Å². The van der Waals surface area contributed by atoms with Gasteiger partial charge < -0.3 is 20.1 Å². The second-order valence-corrected chi connectivity index (χ2v) is 4.82. The number of nitrogens with zero attached hydrogens (tertiary/aromatic N) is 2. The summed E-state index contributed by atoms with van der Waals surface area (Å²) in [5, 5.41) is 12.5. The van der Waals surface area contributed by atoms with Crippen molar-refractivity contribution >= 4 is 5.82 Å². The molecule has 1 aliphatic heterocycles. The van der Waals surface area contributed by atoms with Crippen molar-refractivity contribution < 1.29 is 9.84 Å². The molecule has 2 rings (SSSR count). The van der Waals surface area contributed by atoms with Crippen molar-refractivity contribution in [1.82, 2.24) is 10.3 Å². The van der Waals surface area contributed by atoms with Crippen molar-refractivity contribution in [3.63, 3.8) is 0 Å². The lowest BCUT2D eigenvalue weighted by Crippen LogP contribution is -2.44. The molecule has 1 saturated heterocycles. The summed E-state index contributed by atoms with van der Waals surface area (Å²) < 4.78 is 5.44. The summed E-state index contributed by atoms with van der Waals surface area (Å²) in [5.41, 5.74) is 1.20. The maximum Gasteiger partial charge on any atom is 0.128 e. The van der Waals surface area contributed by atoms with Crippen LogP contribution in [0.3, 0.4) is 0 Å². The molecular formula is C14H23N3O2. The number of rotatable bonds is 6. The van der Waals surface area contributed by atoms with Gasteiger partial charge in [0.25, 0.3) is 0 Å². The Kier molecular flexibility index (Phi) is 5.57. The van der Waals surface area contributed by atoms with Crippen molar-refractivity contribution in [1.29, 1.82) is 0 Å². The second kappa shape index (κ2) is 7.43. The van der Waals surface area contributed by atoms with Crippen LogP contribution in [-0.4, -0.2) is 49.0 Å². The van der Waals surface area contributed by atoms with Gasteiger partial charge in [0, 0.05) is 25.8 Å². The Morgan fingerprint density at radius 1 is 1.53 bits per heavy atom. The van der Waals surface area contributed by atoms with E-state index in [2.05, 4.69) is 28.2 Å². The maximum absolute atomic E-state index is 9.14. The third-order valence-corrected chi connectivity index (χ3v) is 3.23. The van der Waals surface area contributed by atoms with Crippen LogP contribution < -0.4 is 10.2 Å². The fourth-order valence-corrected chi connectivity index (χ4v) is 2.16. The largest absolute Gasteiger partial charge is 0.394 e. The van der Waals surface area contributed by atoms with Gasteiger partial charge in [0.1, 0.15) is 5.82 Å². The molecule has 2 N–H and O–H groups in total. The molecule has 5 nitrogen and oxygen atoms in total. The Balaban J connectivity index is 1.90. The molecule has 1 aliphatic rings. The molecule has 0 bridgehead atoms. The highest BCUT2D eigenvalue weighted by atomic mass is 16.5. The summed E-state index contributed by atoms with van der Waals surface area (Å²) in [6, 6.07) is 4.15. The van der Waals surface area contributed by atoms with Crippen molar-refractivity contribution in [3.8, 4) is 0 Å². The van der Waals surface area contributed by atoms with E-state index in [0.717, 1.165) is 31.9 Å². The first kappa shape index (κ1) is 14.2. The number of aliphatic hydroxyl groups excluding tert-OH is 1. The number of morpholine rings is 1. The van der Waals surface area contributed by atoms with Crippen LogP contribution in [0.5, 0.6) is 0 Å². The molecule has 0 aromatic carbocycles. The normalized spacial score (nSPS) is 19.7. The minimum atomic E-state index is -0.0959. The van der Waals surface area contributed by atoms with Crippen LogP contribution >= 0.6 is 0 Å². The molecule has 1 aromatic rings. The lowest BCUT2D eigenvalue weighted by molar-refractivity contribution is 0.00336. The van der Waals surface area contributed by atoms with E-state index in [1.807, 2.05) is 12.3 Å². The molecular weight excluding hydrogens is 242 g/mol. The Morgan fingerprint density at radius 2 is 2.42 bits per heavy atom. The zero-order valence-electron chi connectivity index (χ0n) is 11.5. The number of ether oxygens (including phenoxy) is 1. The summed E-state index contributed by atoms with van der Waals surface area (Å²) >= 11 is 0. The fraction of sp³-hybridized carbons (Fsp3) is 0.643. The number of aliphatic hydroxyl groups is 1. The van der Waals surface area contributed by atoms with Gasteiger partial charge in [0.15, 0.2) is 0 Å². The molecule has 0 spiro atoms. The summed E-state index contributed by atoms with van der Waals surface area (Å²) in [7, 11) is 0. The van der Waals surface area contributed by atoms with Gasteiger partial charge in [-0.3, -0.25) is 0 Å². The van der Waals surface area contributed by atoms with Gasteiger partial charge in [0.05, 0.1) is 19.3 Å². The maximum atomic E-state index is 9.14. The van der Waals surface area contributed by atoms with Crippen LogP contribution in [0.1, 0.15) is 18.9 Å². The molecule has 2 heterocycles. The number of anilines is 1. The van der Waals surface area contributed by atoms with Gasteiger partial charge in [-0.25, -0.2) is 4.98 Å². The number of hydrogen-bond donors (Lipinski definition) is 2. The monoisotopic (exact) mass is 265 g/mol. The van der Waals surface area contributed by atoms with Crippen LogP contribution in [0.25, 0.3) is 0 Å². The Morgan fingerprint density at radius 3 is 3.11 bits per heavy atom. The smallest absolute Gasteiger partial charge is 0.128 e. The quantitative estimate of drug-likeness (QED) is 0.744. The highest BCUT2D eigenvalue weighted by molar-refractivity contribution is 5.40. The van der Waals surface area contributed by atoms with Gasteiger partial charge in [-0.15, -0.1) is 0 Å². The molecule has 106 valence electrons. The van der Waals surface area contributed by atoms with E-state index in [1.54, 1.807) is 0 Å². The van der Waals surface area contributed by atoms with E-state index in [4.69, 9.17) is 9.84 Å². The van der Waals surface area contributed by atoms with Crippen LogP contribution in [0.2, 0.25) is 0 Å². The summed E-state index contributed by atoms with van der Waals surface area (Å²) in [6.45, 7) is 6.30. The lowest BCUT2D eigenvalue weighted by Gasteiger charge is -2.32. The molecule has 1 fully saturated rings. The predicted octanol–water partition coefficient (Wildman–Crippen LogP) is 0.779. The standard InChI is InChI=1S/C14H23N3O2/c1-2-5-15-8-12-3-4-14(16-9-12)17-6-7-19-13(10-17)11-18/h3-4,9,13,15,18H,2,5-8,10-11H2,1H3. The SMILES string of the molecule is CCCNCc1ccc(N2CCOC(CO)C2)nc1. The molecule has 1 atom stereocenters. The van der Waals surface area contributed by atoms with E-state index < -0.39 is 0 Å². The van der Waals surface area contributed by atoms with Crippen LogP contribution in [-0.2, 0) is 11.3 Å². The molecule has 1 aromatic heterocycles. The zero-order chi connectivity index (χ0) is 13.5. The van der Waals surface area contributed by atoms with Gasteiger partial charge in [-0.1, -0.05) is 13.0 Å². The van der Waals surface area contributed by atoms with Crippen LogP contribution in [0.4, 0.5) is 5.82 Å². The van der Waals surface area contributed by atoms with Crippen molar-refractivity contribution in [2.24, 2.45) is 0 Å². The first-order chi connectivity index (χ1) is 9.33. The highest BCUT2D eigenvalue weighted by Gasteiger charge is 2.20. The number of aromatic nitrogens is 1. The zero-order valence-corrected chi connectivity index (χ0v) is 11.5. The van der Waals surface area contributed by atoms with Crippen molar-refractivity contribution in [2.75, 3.05) is 37.7 Å². The van der Waals surface area contributed by atoms with E-state index in [-0.39, 0.29) is 12.7 Å². The fourth-order valence-electron chi connectivity index (χ4n) is 2.16. The average molecular weight is 265 g/mol. The molecule has 0 saturated carbocycles. The predicted molar refractivity (Wildman–Crippen MR) is 75.3 cm³/mol. The third-order valence-electron chi connectivity index (χ3n) is 3.23. The summed E-state index contributed by atoms with van der Waals surface area (Å²) in [5.74, 6) is 0.959. The van der Waals surface area contributed by atoms with E-state index in [1.165, 1.54) is 5.56 Å². The molecule has 0 amide bonds. The molecule has 1 unspecified atom stereocenters. The van der Waals surface area contributed by atoms with Crippen molar-refractivity contribution in [2.45, 2.75) is 26.0 Å². The summed E-state index contributed by atoms with van der Waals surface area (Å²) in [4.78, 5) is 6.66. The molecule has 0 aliphatic carbocycles. The number of nitrogens with one attached hydrogen (secondary N) is 1. The second-order valence-electron chi connectivity index (χ2n) is 4.82. The third kappa shape index (κ3) is 4.16. The Labute approximate surface area is 114 Å². The van der Waals surface area contributed by atoms with Crippen molar-refractivity contribution in [3.05, 3.63) is 23.9 Å². The molecule has 5 heteroatoms. The first-order valence-corrected chi connectivity index (χ1v) is 6.96. The Hall–Kier alpha value is -1.17. The number of pyridine rings is 1.